The fourth-order valence-corrected chi connectivity index (χ4v) is 4.46. The minimum absolute atomic E-state index is 0.0968. The second-order valence-corrected chi connectivity index (χ2v) is 9.53. The summed E-state index contributed by atoms with van der Waals surface area (Å²) in [4.78, 5) is 29.2. The molecule has 0 aromatic heterocycles. The summed E-state index contributed by atoms with van der Waals surface area (Å²) in [6.45, 7) is 7.19. The minimum Gasteiger partial charge on any atom is -0.444 e. The second kappa shape index (κ2) is 8.52. The summed E-state index contributed by atoms with van der Waals surface area (Å²) in [5, 5.41) is 11.8. The van der Waals surface area contributed by atoms with Gasteiger partial charge in [-0.1, -0.05) is 36.6 Å². The number of nitrogens with zero attached hydrogens (tertiary/aromatic N) is 2. The lowest BCUT2D eigenvalue weighted by Gasteiger charge is -2.40. The Labute approximate surface area is 177 Å². The molecule has 7 heteroatoms. The molecular formula is C22H31ClN2O4. The van der Waals surface area contributed by atoms with Gasteiger partial charge in [0.25, 0.3) is 0 Å². The minimum atomic E-state index is -1.05. The van der Waals surface area contributed by atoms with E-state index < -0.39 is 17.1 Å². The Bertz CT molecular complexity index is 747. The molecule has 1 aromatic rings. The Morgan fingerprint density at radius 1 is 1.10 bits per heavy atom. The molecule has 29 heavy (non-hydrogen) atoms. The van der Waals surface area contributed by atoms with Gasteiger partial charge in [-0.25, -0.2) is 4.79 Å². The Kier molecular flexibility index (Phi) is 6.44. The number of halogens is 1. The molecule has 1 saturated carbocycles. The van der Waals surface area contributed by atoms with Crippen molar-refractivity contribution in [2.45, 2.75) is 63.6 Å². The topological polar surface area (TPSA) is 70.1 Å². The molecule has 0 spiro atoms. The third-order valence-corrected chi connectivity index (χ3v) is 5.91. The van der Waals surface area contributed by atoms with Crippen molar-refractivity contribution in [3.8, 4) is 0 Å². The van der Waals surface area contributed by atoms with Crippen LogP contribution in [0.1, 0.15) is 57.9 Å². The summed E-state index contributed by atoms with van der Waals surface area (Å²) in [6.07, 6.45) is 2.67. The van der Waals surface area contributed by atoms with Crippen LogP contribution in [-0.2, 0) is 9.53 Å². The molecule has 0 bridgehead atoms. The Hall–Kier alpha value is -1.79. The molecule has 1 unspecified atom stereocenters. The van der Waals surface area contributed by atoms with Gasteiger partial charge in [-0.3, -0.25) is 4.79 Å². The molecule has 1 N–H and O–H groups in total. The molecule has 2 amide bonds. The van der Waals surface area contributed by atoms with Crippen LogP contribution in [0.25, 0.3) is 0 Å². The predicted octanol–water partition coefficient (Wildman–Crippen LogP) is 3.81. The van der Waals surface area contributed by atoms with Crippen molar-refractivity contribution in [2.24, 2.45) is 0 Å². The highest BCUT2D eigenvalue weighted by molar-refractivity contribution is 6.30. The molecule has 1 aliphatic heterocycles. The van der Waals surface area contributed by atoms with E-state index in [1.54, 1.807) is 21.9 Å². The molecule has 160 valence electrons. The van der Waals surface area contributed by atoms with Crippen molar-refractivity contribution in [3.05, 3.63) is 34.9 Å². The SMILES string of the molecule is CC(C)(C)OC(=O)N1CCN(C(=O)C(c2cccc(Cl)c2)C2(O)CCCC2)CC1. The fourth-order valence-electron chi connectivity index (χ4n) is 4.26. The van der Waals surface area contributed by atoms with Crippen LogP contribution in [0.4, 0.5) is 4.79 Å². The van der Waals surface area contributed by atoms with Crippen molar-refractivity contribution >= 4 is 23.6 Å². The van der Waals surface area contributed by atoms with Gasteiger partial charge >= 0.3 is 6.09 Å². The lowest BCUT2D eigenvalue weighted by atomic mass is 9.79. The van der Waals surface area contributed by atoms with Crippen LogP contribution in [0.5, 0.6) is 0 Å². The first-order valence-corrected chi connectivity index (χ1v) is 10.7. The number of piperazine rings is 1. The van der Waals surface area contributed by atoms with Crippen LogP contribution in [0.2, 0.25) is 5.02 Å². The van der Waals surface area contributed by atoms with Gasteiger partial charge in [0, 0.05) is 31.2 Å². The average Bonchev–Trinajstić information content (AvgIpc) is 3.07. The average molecular weight is 423 g/mol. The normalized spacial score (nSPS) is 20.4. The van der Waals surface area contributed by atoms with E-state index in [9.17, 15) is 14.7 Å². The molecule has 6 nitrogen and oxygen atoms in total. The monoisotopic (exact) mass is 422 g/mol. The van der Waals surface area contributed by atoms with Crippen molar-refractivity contribution in [2.75, 3.05) is 26.2 Å². The number of rotatable bonds is 3. The Morgan fingerprint density at radius 2 is 1.69 bits per heavy atom. The van der Waals surface area contributed by atoms with Gasteiger partial charge in [0.2, 0.25) is 5.91 Å². The number of carbonyl (C=O) groups is 2. The van der Waals surface area contributed by atoms with Crippen LogP contribution in [0, 0.1) is 0 Å². The van der Waals surface area contributed by atoms with Crippen molar-refractivity contribution in [1.29, 1.82) is 0 Å². The third kappa shape index (κ3) is 5.23. The Morgan fingerprint density at radius 3 is 2.24 bits per heavy atom. The van der Waals surface area contributed by atoms with E-state index >= 15 is 0 Å². The largest absolute Gasteiger partial charge is 0.444 e. The smallest absolute Gasteiger partial charge is 0.410 e. The highest BCUT2D eigenvalue weighted by Gasteiger charge is 2.46. The van der Waals surface area contributed by atoms with Crippen molar-refractivity contribution < 1.29 is 19.4 Å². The lowest BCUT2D eigenvalue weighted by molar-refractivity contribution is -0.141. The van der Waals surface area contributed by atoms with E-state index in [-0.39, 0.29) is 12.0 Å². The van der Waals surface area contributed by atoms with Crippen LogP contribution >= 0.6 is 11.6 Å². The maximum atomic E-state index is 13.5. The van der Waals surface area contributed by atoms with Crippen LogP contribution in [0.15, 0.2) is 24.3 Å². The number of hydrogen-bond donors (Lipinski definition) is 1. The molecule has 1 heterocycles. The van der Waals surface area contributed by atoms with E-state index in [0.29, 0.717) is 44.0 Å². The Balaban J connectivity index is 1.73. The van der Waals surface area contributed by atoms with Gasteiger partial charge < -0.3 is 19.6 Å². The maximum absolute atomic E-state index is 13.5. The van der Waals surface area contributed by atoms with E-state index in [4.69, 9.17) is 16.3 Å². The first-order chi connectivity index (χ1) is 13.6. The second-order valence-electron chi connectivity index (χ2n) is 9.09. The molecule has 1 atom stereocenters. The summed E-state index contributed by atoms with van der Waals surface area (Å²) >= 11 is 6.17. The summed E-state index contributed by atoms with van der Waals surface area (Å²) in [5.41, 5.74) is -0.848. The van der Waals surface area contributed by atoms with E-state index in [1.807, 2.05) is 32.9 Å². The molecule has 0 radical (unpaired) electrons. The number of ether oxygens (including phenoxy) is 1. The van der Waals surface area contributed by atoms with Gasteiger partial charge in [0.1, 0.15) is 5.60 Å². The van der Waals surface area contributed by atoms with Gasteiger partial charge in [0.05, 0.1) is 11.5 Å². The molecule has 1 saturated heterocycles. The first kappa shape index (κ1) is 21.9. The first-order valence-electron chi connectivity index (χ1n) is 10.3. The molecule has 2 fully saturated rings. The van der Waals surface area contributed by atoms with Crippen LogP contribution < -0.4 is 0 Å². The highest BCUT2D eigenvalue weighted by Crippen LogP contribution is 2.43. The van der Waals surface area contributed by atoms with E-state index in [0.717, 1.165) is 18.4 Å². The number of aliphatic hydroxyl groups is 1. The predicted molar refractivity (Wildman–Crippen MR) is 112 cm³/mol. The summed E-state index contributed by atoms with van der Waals surface area (Å²) in [5.74, 6) is -0.739. The number of amides is 2. The molecule has 1 aliphatic carbocycles. The van der Waals surface area contributed by atoms with Gasteiger partial charge in [-0.15, -0.1) is 0 Å². The molecule has 1 aromatic carbocycles. The molecule has 3 rings (SSSR count). The number of carbonyl (C=O) groups excluding carboxylic acids is 2. The van der Waals surface area contributed by atoms with Crippen molar-refractivity contribution in [3.63, 3.8) is 0 Å². The maximum Gasteiger partial charge on any atom is 0.410 e. The third-order valence-electron chi connectivity index (χ3n) is 5.68. The summed E-state index contributed by atoms with van der Waals surface area (Å²) < 4.78 is 5.43. The van der Waals surface area contributed by atoms with E-state index in [1.165, 1.54) is 0 Å². The van der Waals surface area contributed by atoms with Gasteiger partial charge in [-0.2, -0.15) is 0 Å². The zero-order chi connectivity index (χ0) is 21.2. The lowest BCUT2D eigenvalue weighted by Crippen LogP contribution is -2.54. The number of benzene rings is 1. The number of hydrogen-bond acceptors (Lipinski definition) is 4. The summed E-state index contributed by atoms with van der Waals surface area (Å²) in [6, 6.07) is 7.22. The zero-order valence-electron chi connectivity index (χ0n) is 17.5. The van der Waals surface area contributed by atoms with Gasteiger partial charge in [-0.05, 0) is 51.3 Å². The van der Waals surface area contributed by atoms with Gasteiger partial charge in [0.15, 0.2) is 0 Å². The summed E-state index contributed by atoms with van der Waals surface area (Å²) in [7, 11) is 0. The van der Waals surface area contributed by atoms with Crippen LogP contribution in [-0.4, -0.2) is 64.3 Å². The molecule has 2 aliphatic rings. The van der Waals surface area contributed by atoms with Crippen molar-refractivity contribution in [1.82, 2.24) is 9.80 Å². The quantitative estimate of drug-likeness (QED) is 0.804. The zero-order valence-corrected chi connectivity index (χ0v) is 18.2. The molecular weight excluding hydrogens is 392 g/mol. The standard InChI is InChI=1S/C22H31ClN2O4/c1-21(2,3)29-20(27)25-13-11-24(12-14-25)19(26)18(22(28)9-4-5-10-22)16-7-6-8-17(23)15-16/h6-8,15,18,28H,4-5,9-14H2,1-3H3. The van der Waals surface area contributed by atoms with Crippen LogP contribution in [0.3, 0.4) is 0 Å². The highest BCUT2D eigenvalue weighted by atomic mass is 35.5. The van der Waals surface area contributed by atoms with E-state index in [2.05, 4.69) is 0 Å². The fraction of sp³-hybridized carbons (Fsp3) is 0.636.